The number of halogens is 1. The normalized spacial score (nSPS) is 10.6. The Morgan fingerprint density at radius 1 is 1.58 bits per heavy atom. The molecule has 0 aromatic carbocycles. The number of aliphatic hydroxyl groups is 1. The molecular formula is C8H13ClN2O. The average Bonchev–Trinajstić information content (AvgIpc) is 2.36. The van der Waals surface area contributed by atoms with Gasteiger partial charge in [0.2, 0.25) is 0 Å². The molecule has 1 aromatic heterocycles. The van der Waals surface area contributed by atoms with Gasteiger partial charge in [-0.25, -0.2) is 0 Å². The average molecular weight is 189 g/mol. The van der Waals surface area contributed by atoms with E-state index in [1.165, 1.54) is 0 Å². The van der Waals surface area contributed by atoms with E-state index in [9.17, 15) is 0 Å². The molecule has 4 heteroatoms. The molecule has 0 fully saturated rings. The van der Waals surface area contributed by atoms with Gasteiger partial charge in [-0.05, 0) is 19.8 Å². The van der Waals surface area contributed by atoms with Crippen LogP contribution in [0.1, 0.15) is 18.5 Å². The number of rotatable bonds is 4. The number of nitrogens with zero attached hydrogens (tertiary/aromatic N) is 2. The second-order valence-electron chi connectivity index (χ2n) is 2.73. The SMILES string of the molecule is Cc1c(Cl)cnn1CCCCO. The summed E-state index contributed by atoms with van der Waals surface area (Å²) in [4.78, 5) is 0. The lowest BCUT2D eigenvalue weighted by Gasteiger charge is -2.02. The number of hydrogen-bond acceptors (Lipinski definition) is 2. The fourth-order valence-electron chi connectivity index (χ4n) is 1.02. The third-order valence-corrected chi connectivity index (χ3v) is 2.19. The molecule has 0 saturated carbocycles. The zero-order chi connectivity index (χ0) is 8.97. The van der Waals surface area contributed by atoms with Gasteiger partial charge in [-0.15, -0.1) is 0 Å². The second kappa shape index (κ2) is 4.48. The Morgan fingerprint density at radius 3 is 2.83 bits per heavy atom. The highest BCUT2D eigenvalue weighted by Gasteiger charge is 2.02. The Bertz CT molecular complexity index is 247. The van der Waals surface area contributed by atoms with Crippen LogP contribution in [0.3, 0.4) is 0 Å². The fourth-order valence-corrected chi connectivity index (χ4v) is 1.16. The number of aryl methyl sites for hydroxylation is 1. The van der Waals surface area contributed by atoms with Gasteiger partial charge in [0.15, 0.2) is 0 Å². The molecule has 0 saturated heterocycles. The fraction of sp³-hybridized carbons (Fsp3) is 0.625. The van der Waals surface area contributed by atoms with E-state index in [0.717, 1.165) is 25.1 Å². The first-order chi connectivity index (χ1) is 5.75. The van der Waals surface area contributed by atoms with Crippen LogP contribution in [-0.2, 0) is 6.54 Å². The van der Waals surface area contributed by atoms with Crippen LogP contribution in [0.25, 0.3) is 0 Å². The van der Waals surface area contributed by atoms with Crippen LogP contribution in [0.4, 0.5) is 0 Å². The van der Waals surface area contributed by atoms with Crippen molar-refractivity contribution in [2.45, 2.75) is 26.3 Å². The van der Waals surface area contributed by atoms with Gasteiger partial charge in [0.25, 0.3) is 0 Å². The minimum atomic E-state index is 0.244. The summed E-state index contributed by atoms with van der Waals surface area (Å²) in [5.74, 6) is 0. The number of hydrogen-bond donors (Lipinski definition) is 1. The smallest absolute Gasteiger partial charge is 0.0814 e. The molecule has 0 radical (unpaired) electrons. The molecule has 1 N–H and O–H groups in total. The van der Waals surface area contributed by atoms with E-state index in [0.29, 0.717) is 5.02 Å². The zero-order valence-corrected chi connectivity index (χ0v) is 7.88. The molecule has 0 amide bonds. The van der Waals surface area contributed by atoms with E-state index in [2.05, 4.69) is 5.10 Å². The van der Waals surface area contributed by atoms with Crippen LogP contribution >= 0.6 is 11.6 Å². The minimum absolute atomic E-state index is 0.244. The Kier molecular flexibility index (Phi) is 3.56. The van der Waals surface area contributed by atoms with Crippen LogP contribution in [0.15, 0.2) is 6.20 Å². The van der Waals surface area contributed by atoms with Gasteiger partial charge in [-0.1, -0.05) is 11.6 Å². The maximum Gasteiger partial charge on any atom is 0.0814 e. The molecule has 0 aliphatic carbocycles. The molecule has 0 spiro atoms. The molecule has 3 nitrogen and oxygen atoms in total. The molecule has 1 heterocycles. The van der Waals surface area contributed by atoms with Crippen LogP contribution in [0.2, 0.25) is 5.02 Å². The largest absolute Gasteiger partial charge is 0.396 e. The lowest BCUT2D eigenvalue weighted by atomic mass is 10.3. The van der Waals surface area contributed by atoms with Crippen molar-refractivity contribution in [1.82, 2.24) is 9.78 Å². The first-order valence-electron chi connectivity index (χ1n) is 4.04. The monoisotopic (exact) mass is 188 g/mol. The summed E-state index contributed by atoms with van der Waals surface area (Å²) in [7, 11) is 0. The number of aromatic nitrogens is 2. The maximum atomic E-state index is 8.56. The Balaban J connectivity index is 2.46. The van der Waals surface area contributed by atoms with Crippen molar-refractivity contribution in [3.8, 4) is 0 Å². The van der Waals surface area contributed by atoms with Gasteiger partial charge in [0, 0.05) is 13.2 Å². The first-order valence-corrected chi connectivity index (χ1v) is 4.42. The molecule has 0 atom stereocenters. The van der Waals surface area contributed by atoms with Crippen LogP contribution in [0, 0.1) is 6.92 Å². The highest BCUT2D eigenvalue weighted by atomic mass is 35.5. The van der Waals surface area contributed by atoms with Crippen molar-refractivity contribution in [2.24, 2.45) is 0 Å². The highest BCUT2D eigenvalue weighted by Crippen LogP contribution is 2.13. The van der Waals surface area contributed by atoms with Gasteiger partial charge >= 0.3 is 0 Å². The Labute approximate surface area is 77.0 Å². The van der Waals surface area contributed by atoms with E-state index in [1.807, 2.05) is 11.6 Å². The zero-order valence-electron chi connectivity index (χ0n) is 7.13. The van der Waals surface area contributed by atoms with Crippen molar-refractivity contribution in [1.29, 1.82) is 0 Å². The molecule has 0 aliphatic rings. The van der Waals surface area contributed by atoms with Gasteiger partial charge in [0.05, 0.1) is 16.9 Å². The van der Waals surface area contributed by atoms with Crippen molar-refractivity contribution in [2.75, 3.05) is 6.61 Å². The molecule has 68 valence electrons. The molecule has 0 unspecified atom stereocenters. The maximum absolute atomic E-state index is 8.56. The standard InChI is InChI=1S/C8H13ClN2O/c1-7-8(9)6-10-11(7)4-2-3-5-12/h6,12H,2-5H2,1H3. The Hall–Kier alpha value is -0.540. The highest BCUT2D eigenvalue weighted by molar-refractivity contribution is 6.31. The van der Waals surface area contributed by atoms with E-state index in [4.69, 9.17) is 16.7 Å². The predicted octanol–water partition coefficient (Wildman–Crippen LogP) is 1.62. The van der Waals surface area contributed by atoms with Crippen LogP contribution in [-0.4, -0.2) is 21.5 Å². The minimum Gasteiger partial charge on any atom is -0.396 e. The first kappa shape index (κ1) is 9.55. The summed E-state index contributed by atoms with van der Waals surface area (Å²) >= 11 is 5.81. The summed E-state index contributed by atoms with van der Waals surface area (Å²) in [5.41, 5.74) is 0.995. The Morgan fingerprint density at radius 2 is 2.33 bits per heavy atom. The molecule has 12 heavy (non-hydrogen) atoms. The van der Waals surface area contributed by atoms with E-state index >= 15 is 0 Å². The van der Waals surface area contributed by atoms with Gasteiger partial charge < -0.3 is 5.11 Å². The van der Waals surface area contributed by atoms with Crippen molar-refractivity contribution >= 4 is 11.6 Å². The van der Waals surface area contributed by atoms with Crippen molar-refractivity contribution in [3.63, 3.8) is 0 Å². The molecule has 0 bridgehead atoms. The summed E-state index contributed by atoms with van der Waals surface area (Å²) in [6.45, 7) is 3.02. The number of aliphatic hydroxyl groups excluding tert-OH is 1. The van der Waals surface area contributed by atoms with Crippen molar-refractivity contribution in [3.05, 3.63) is 16.9 Å². The van der Waals surface area contributed by atoms with E-state index < -0.39 is 0 Å². The van der Waals surface area contributed by atoms with Crippen molar-refractivity contribution < 1.29 is 5.11 Å². The van der Waals surface area contributed by atoms with E-state index in [-0.39, 0.29) is 6.61 Å². The van der Waals surface area contributed by atoms with E-state index in [1.54, 1.807) is 6.20 Å². The second-order valence-corrected chi connectivity index (χ2v) is 3.14. The molecular weight excluding hydrogens is 176 g/mol. The van der Waals surface area contributed by atoms with Gasteiger partial charge in [0.1, 0.15) is 0 Å². The van der Waals surface area contributed by atoms with Gasteiger partial charge in [-0.3, -0.25) is 4.68 Å². The van der Waals surface area contributed by atoms with Gasteiger partial charge in [-0.2, -0.15) is 5.10 Å². The summed E-state index contributed by atoms with van der Waals surface area (Å²) in [5, 5.41) is 13.4. The van der Waals surface area contributed by atoms with Crippen LogP contribution < -0.4 is 0 Å². The summed E-state index contributed by atoms with van der Waals surface area (Å²) in [6.07, 6.45) is 3.40. The summed E-state index contributed by atoms with van der Waals surface area (Å²) < 4.78 is 1.86. The number of unbranched alkanes of at least 4 members (excludes halogenated alkanes) is 1. The van der Waals surface area contributed by atoms with Crippen LogP contribution in [0.5, 0.6) is 0 Å². The third kappa shape index (κ3) is 2.22. The predicted molar refractivity (Wildman–Crippen MR) is 48.3 cm³/mol. The topological polar surface area (TPSA) is 38.0 Å². The lowest BCUT2D eigenvalue weighted by molar-refractivity contribution is 0.280. The quantitative estimate of drug-likeness (QED) is 0.730. The molecule has 0 aliphatic heterocycles. The molecule has 1 aromatic rings. The molecule has 1 rings (SSSR count). The third-order valence-electron chi connectivity index (χ3n) is 1.82. The lowest BCUT2D eigenvalue weighted by Crippen LogP contribution is -2.02. The summed E-state index contributed by atoms with van der Waals surface area (Å²) in [6, 6.07) is 0.